The molecule has 0 aliphatic rings. The molecule has 0 bridgehead atoms. The maximum atomic E-state index is 11.6. The maximum Gasteiger partial charge on any atom is 0.240 e. The van der Waals surface area contributed by atoms with E-state index in [1.165, 1.54) is 19.2 Å². The smallest absolute Gasteiger partial charge is 0.240 e. The zero-order valence-electron chi connectivity index (χ0n) is 11.2. The number of rotatable bonds is 5. The van der Waals surface area contributed by atoms with Crippen LogP contribution in [-0.4, -0.2) is 15.5 Å². The van der Waals surface area contributed by atoms with E-state index in [0.717, 1.165) is 11.3 Å². The molecule has 0 unspecified atom stereocenters. The Balaban J connectivity index is 2.09. The Hall–Kier alpha value is -1.27. The predicted octanol–water partition coefficient (Wildman–Crippen LogP) is 3.51. The van der Waals surface area contributed by atoms with Crippen LogP contribution < -0.4 is 10.0 Å². The number of sulfonamides is 1. The van der Waals surface area contributed by atoms with Crippen LogP contribution >= 0.6 is 23.2 Å². The van der Waals surface area contributed by atoms with Gasteiger partial charge in [0.05, 0.1) is 4.90 Å². The molecule has 0 aromatic heterocycles. The largest absolute Gasteiger partial charge is 0.381 e. The molecule has 21 heavy (non-hydrogen) atoms. The zero-order valence-corrected chi connectivity index (χ0v) is 13.6. The van der Waals surface area contributed by atoms with Crippen molar-refractivity contribution >= 4 is 38.9 Å². The van der Waals surface area contributed by atoms with Crippen LogP contribution in [0.25, 0.3) is 0 Å². The van der Waals surface area contributed by atoms with Crippen LogP contribution in [0.5, 0.6) is 0 Å². The second-order valence-electron chi connectivity index (χ2n) is 4.32. The molecule has 0 heterocycles. The topological polar surface area (TPSA) is 58.2 Å². The highest BCUT2D eigenvalue weighted by Gasteiger charge is 2.10. The summed E-state index contributed by atoms with van der Waals surface area (Å²) in [5.41, 5.74) is 1.66. The lowest BCUT2D eigenvalue weighted by Gasteiger charge is -2.09. The summed E-state index contributed by atoms with van der Waals surface area (Å²) in [5.74, 6) is 0. The summed E-state index contributed by atoms with van der Waals surface area (Å²) in [6.45, 7) is 0.498. The first kappa shape index (κ1) is 16.1. The molecule has 2 rings (SSSR count). The second-order valence-corrected chi connectivity index (χ2v) is 7.05. The fourth-order valence-electron chi connectivity index (χ4n) is 1.75. The minimum atomic E-state index is -3.41. The molecule has 2 aromatic carbocycles. The molecule has 2 aromatic rings. The van der Waals surface area contributed by atoms with Crippen molar-refractivity contribution in [1.82, 2.24) is 4.72 Å². The number of hydrogen-bond acceptors (Lipinski definition) is 3. The summed E-state index contributed by atoms with van der Waals surface area (Å²) in [7, 11) is -2.03. The van der Waals surface area contributed by atoms with Crippen molar-refractivity contribution < 1.29 is 8.42 Å². The summed E-state index contributed by atoms with van der Waals surface area (Å²) in [6.07, 6.45) is 0. The Morgan fingerprint density at radius 2 is 1.71 bits per heavy atom. The SMILES string of the molecule is CNS(=O)(=O)c1ccc(NCc2cc(Cl)ccc2Cl)cc1. The minimum absolute atomic E-state index is 0.219. The second kappa shape index (κ2) is 6.66. The van der Waals surface area contributed by atoms with E-state index in [-0.39, 0.29) is 4.90 Å². The van der Waals surface area contributed by atoms with Crippen molar-refractivity contribution in [3.8, 4) is 0 Å². The van der Waals surface area contributed by atoms with Gasteiger partial charge in [-0.1, -0.05) is 23.2 Å². The molecular weight excluding hydrogens is 331 g/mol. The molecule has 112 valence electrons. The maximum absolute atomic E-state index is 11.6. The van der Waals surface area contributed by atoms with Gasteiger partial charge in [0.1, 0.15) is 0 Å². The quantitative estimate of drug-likeness (QED) is 0.872. The molecule has 0 spiro atoms. The van der Waals surface area contributed by atoms with E-state index in [1.807, 2.05) is 0 Å². The van der Waals surface area contributed by atoms with Crippen LogP contribution in [0.15, 0.2) is 47.4 Å². The molecule has 0 saturated carbocycles. The Kier molecular flexibility index (Phi) is 5.11. The Morgan fingerprint density at radius 1 is 1.05 bits per heavy atom. The van der Waals surface area contributed by atoms with Crippen molar-refractivity contribution in [1.29, 1.82) is 0 Å². The van der Waals surface area contributed by atoms with E-state index in [9.17, 15) is 8.42 Å². The van der Waals surface area contributed by atoms with E-state index in [2.05, 4.69) is 10.0 Å². The van der Waals surface area contributed by atoms with Gasteiger partial charge in [-0.05, 0) is 55.1 Å². The zero-order chi connectivity index (χ0) is 15.5. The van der Waals surface area contributed by atoms with E-state index in [1.54, 1.807) is 30.3 Å². The van der Waals surface area contributed by atoms with Crippen molar-refractivity contribution in [2.75, 3.05) is 12.4 Å². The Morgan fingerprint density at radius 3 is 2.33 bits per heavy atom. The van der Waals surface area contributed by atoms with Gasteiger partial charge in [0.2, 0.25) is 10.0 Å². The highest BCUT2D eigenvalue weighted by Crippen LogP contribution is 2.22. The van der Waals surface area contributed by atoms with E-state index in [0.29, 0.717) is 16.6 Å². The monoisotopic (exact) mass is 344 g/mol. The molecule has 0 amide bonds. The predicted molar refractivity (Wildman–Crippen MR) is 86.5 cm³/mol. The molecular formula is C14H14Cl2N2O2S. The van der Waals surface area contributed by atoms with Gasteiger partial charge in [0.25, 0.3) is 0 Å². The molecule has 0 saturated heterocycles. The first-order chi connectivity index (χ1) is 9.92. The van der Waals surface area contributed by atoms with Gasteiger partial charge in [-0.15, -0.1) is 0 Å². The molecule has 0 atom stereocenters. The number of nitrogens with one attached hydrogen (secondary N) is 2. The molecule has 0 aliphatic heterocycles. The fraction of sp³-hybridized carbons (Fsp3) is 0.143. The van der Waals surface area contributed by atoms with Gasteiger partial charge in [0.15, 0.2) is 0 Å². The molecule has 4 nitrogen and oxygen atoms in total. The summed E-state index contributed by atoms with van der Waals surface area (Å²) in [4.78, 5) is 0.219. The van der Waals surface area contributed by atoms with Gasteiger partial charge in [-0.3, -0.25) is 0 Å². The third-order valence-electron chi connectivity index (χ3n) is 2.92. The first-order valence-corrected chi connectivity index (χ1v) is 8.38. The van der Waals surface area contributed by atoms with Gasteiger partial charge < -0.3 is 5.32 Å². The van der Waals surface area contributed by atoms with E-state index in [4.69, 9.17) is 23.2 Å². The summed E-state index contributed by atoms with van der Waals surface area (Å²) < 4.78 is 25.5. The Bertz CT molecular complexity index is 731. The average Bonchev–Trinajstić information content (AvgIpc) is 2.48. The lowest BCUT2D eigenvalue weighted by atomic mass is 10.2. The van der Waals surface area contributed by atoms with Crippen molar-refractivity contribution in [3.63, 3.8) is 0 Å². The summed E-state index contributed by atoms with van der Waals surface area (Å²) in [5, 5.41) is 4.41. The third kappa shape index (κ3) is 4.11. The van der Waals surface area contributed by atoms with Crippen molar-refractivity contribution in [2.45, 2.75) is 11.4 Å². The van der Waals surface area contributed by atoms with Crippen LogP contribution in [0.1, 0.15) is 5.56 Å². The number of hydrogen-bond donors (Lipinski definition) is 2. The van der Waals surface area contributed by atoms with Crippen LogP contribution in [0.3, 0.4) is 0 Å². The minimum Gasteiger partial charge on any atom is -0.381 e. The number of anilines is 1. The number of halogens is 2. The molecule has 0 fully saturated rings. The van der Waals surface area contributed by atoms with Gasteiger partial charge in [-0.25, -0.2) is 13.1 Å². The summed E-state index contributed by atoms with van der Waals surface area (Å²) in [6, 6.07) is 11.7. The normalized spacial score (nSPS) is 11.4. The van der Waals surface area contributed by atoms with Crippen molar-refractivity contribution in [3.05, 3.63) is 58.1 Å². The van der Waals surface area contributed by atoms with E-state index < -0.39 is 10.0 Å². The lowest BCUT2D eigenvalue weighted by molar-refractivity contribution is 0.588. The highest BCUT2D eigenvalue weighted by atomic mass is 35.5. The van der Waals surface area contributed by atoms with Gasteiger partial charge >= 0.3 is 0 Å². The molecule has 2 N–H and O–H groups in total. The van der Waals surface area contributed by atoms with E-state index >= 15 is 0 Å². The standard InChI is InChI=1S/C14H14Cl2N2O2S/c1-17-21(19,20)13-5-3-12(4-6-13)18-9-10-8-11(15)2-7-14(10)16/h2-8,17-18H,9H2,1H3. The van der Waals surface area contributed by atoms with Crippen molar-refractivity contribution in [2.24, 2.45) is 0 Å². The first-order valence-electron chi connectivity index (χ1n) is 6.14. The average molecular weight is 345 g/mol. The molecule has 7 heteroatoms. The molecule has 0 aliphatic carbocycles. The number of benzene rings is 2. The van der Waals surface area contributed by atoms with Crippen LogP contribution in [0, 0.1) is 0 Å². The van der Waals surface area contributed by atoms with Crippen LogP contribution in [-0.2, 0) is 16.6 Å². The van der Waals surface area contributed by atoms with Crippen LogP contribution in [0.2, 0.25) is 10.0 Å². The highest BCUT2D eigenvalue weighted by molar-refractivity contribution is 7.89. The molecule has 0 radical (unpaired) electrons. The third-order valence-corrected chi connectivity index (χ3v) is 4.96. The van der Waals surface area contributed by atoms with Crippen LogP contribution in [0.4, 0.5) is 5.69 Å². The lowest BCUT2D eigenvalue weighted by Crippen LogP contribution is -2.18. The summed E-state index contributed by atoms with van der Waals surface area (Å²) >= 11 is 12.0. The van der Waals surface area contributed by atoms with Gasteiger partial charge in [0, 0.05) is 22.3 Å². The Labute approximate surface area is 134 Å². The fourth-order valence-corrected chi connectivity index (χ4v) is 2.86. The van der Waals surface area contributed by atoms with Gasteiger partial charge in [-0.2, -0.15) is 0 Å².